The van der Waals surface area contributed by atoms with Crippen molar-refractivity contribution in [2.24, 2.45) is 0 Å². The molecule has 1 aromatic rings. The number of hydrogen-bond donors (Lipinski definition) is 0. The summed E-state index contributed by atoms with van der Waals surface area (Å²) in [7, 11) is 0. The van der Waals surface area contributed by atoms with Crippen molar-refractivity contribution in [1.29, 1.82) is 0 Å². The summed E-state index contributed by atoms with van der Waals surface area (Å²) in [5.41, 5.74) is 2.79. The van der Waals surface area contributed by atoms with E-state index < -0.39 is 11.6 Å². The molecule has 3 aliphatic rings. The molecule has 6 heteroatoms. The highest BCUT2D eigenvalue weighted by molar-refractivity contribution is 5.96. The molecule has 3 aliphatic heterocycles. The molecule has 0 N–H and O–H groups in total. The van der Waals surface area contributed by atoms with Crippen LogP contribution >= 0.6 is 0 Å². The van der Waals surface area contributed by atoms with Crippen molar-refractivity contribution in [3.05, 3.63) is 41.0 Å². The number of halogens is 2. The van der Waals surface area contributed by atoms with E-state index in [1.165, 1.54) is 30.5 Å². The smallest absolute Gasteiger partial charge is 0.227 e. The molecule has 3 heterocycles. The lowest BCUT2D eigenvalue weighted by Crippen LogP contribution is -2.43. The second-order valence-electron chi connectivity index (χ2n) is 8.76. The van der Waals surface area contributed by atoms with E-state index in [9.17, 15) is 13.6 Å². The first-order valence-corrected chi connectivity index (χ1v) is 11.4. The van der Waals surface area contributed by atoms with E-state index in [0.717, 1.165) is 51.0 Å². The van der Waals surface area contributed by atoms with Gasteiger partial charge in [0, 0.05) is 50.0 Å². The van der Waals surface area contributed by atoms with Crippen LogP contribution in [-0.2, 0) is 16.0 Å². The summed E-state index contributed by atoms with van der Waals surface area (Å²) < 4.78 is 32.9. The van der Waals surface area contributed by atoms with Gasteiger partial charge in [0.1, 0.15) is 0 Å². The van der Waals surface area contributed by atoms with Crippen molar-refractivity contribution in [1.82, 2.24) is 4.90 Å². The lowest BCUT2D eigenvalue weighted by molar-refractivity contribution is -0.118. The first-order valence-electron chi connectivity index (χ1n) is 11.4. The molecule has 1 amide bonds. The lowest BCUT2D eigenvalue weighted by atomic mass is 9.96. The third-order valence-corrected chi connectivity index (χ3v) is 6.72. The van der Waals surface area contributed by atoms with Crippen molar-refractivity contribution < 1.29 is 18.3 Å². The van der Waals surface area contributed by atoms with Gasteiger partial charge in [0.05, 0.1) is 6.61 Å². The Bertz CT molecular complexity index is 795. The highest BCUT2D eigenvalue weighted by Gasteiger charge is 2.38. The Hall–Kier alpha value is -1.79. The number of hydrogen-bond acceptors (Lipinski definition) is 3. The molecule has 2 atom stereocenters. The Morgan fingerprint density at radius 3 is 2.57 bits per heavy atom. The van der Waals surface area contributed by atoms with E-state index in [1.807, 2.05) is 0 Å². The summed E-state index contributed by atoms with van der Waals surface area (Å²) in [6.45, 7) is 5.16. The average molecular weight is 419 g/mol. The Balaban J connectivity index is 1.32. The van der Waals surface area contributed by atoms with Gasteiger partial charge < -0.3 is 9.64 Å². The van der Waals surface area contributed by atoms with Gasteiger partial charge in [-0.25, -0.2) is 8.78 Å². The van der Waals surface area contributed by atoms with Gasteiger partial charge in [-0.2, -0.15) is 0 Å². The van der Waals surface area contributed by atoms with Gasteiger partial charge in [0.15, 0.2) is 11.6 Å². The van der Waals surface area contributed by atoms with Crippen molar-refractivity contribution in [3.8, 4) is 0 Å². The molecule has 4 rings (SSSR count). The number of anilines is 1. The highest BCUT2D eigenvalue weighted by atomic mass is 19.2. The number of fused-ring (bicyclic) bond motifs is 3. The third kappa shape index (κ3) is 4.59. The van der Waals surface area contributed by atoms with Crippen LogP contribution in [0.1, 0.15) is 57.4 Å². The molecule has 2 fully saturated rings. The van der Waals surface area contributed by atoms with Crippen molar-refractivity contribution in [2.45, 2.75) is 70.4 Å². The number of ether oxygens (including phenoxy) is 1. The maximum absolute atomic E-state index is 13.8. The summed E-state index contributed by atoms with van der Waals surface area (Å²) in [5, 5.41) is 0. The molecule has 4 nitrogen and oxygen atoms in total. The number of aryl methyl sites for hydroxylation is 1. The third-order valence-electron chi connectivity index (χ3n) is 6.72. The molecule has 30 heavy (non-hydrogen) atoms. The van der Waals surface area contributed by atoms with Crippen molar-refractivity contribution in [3.63, 3.8) is 0 Å². The van der Waals surface area contributed by atoms with E-state index >= 15 is 0 Å². The van der Waals surface area contributed by atoms with E-state index in [4.69, 9.17) is 4.74 Å². The molecule has 2 bridgehead atoms. The quantitative estimate of drug-likeness (QED) is 0.456. The van der Waals surface area contributed by atoms with Crippen molar-refractivity contribution >= 4 is 11.6 Å². The van der Waals surface area contributed by atoms with Crippen LogP contribution in [0.15, 0.2) is 23.8 Å². The van der Waals surface area contributed by atoms with Crippen molar-refractivity contribution in [2.75, 3.05) is 31.2 Å². The molecule has 1 aromatic carbocycles. The van der Waals surface area contributed by atoms with Crippen LogP contribution in [0.3, 0.4) is 0 Å². The van der Waals surface area contributed by atoms with Gasteiger partial charge in [-0.3, -0.25) is 9.69 Å². The largest absolute Gasteiger partial charge is 0.377 e. The number of carbonyl (C=O) groups is 1. The Morgan fingerprint density at radius 1 is 1.10 bits per heavy atom. The maximum Gasteiger partial charge on any atom is 0.227 e. The molecule has 0 radical (unpaired) electrons. The SMILES string of the molecule is CCCOCC=C1CC2CCC(C1)N2CCCN1C(=O)CCc2cc(F)c(F)cc21. The van der Waals surface area contributed by atoms with E-state index in [0.29, 0.717) is 37.2 Å². The maximum atomic E-state index is 13.8. The topological polar surface area (TPSA) is 32.8 Å². The van der Waals surface area contributed by atoms with Gasteiger partial charge >= 0.3 is 0 Å². The zero-order valence-corrected chi connectivity index (χ0v) is 17.8. The minimum Gasteiger partial charge on any atom is -0.377 e. The molecule has 0 spiro atoms. The lowest BCUT2D eigenvalue weighted by Gasteiger charge is -2.37. The Kier molecular flexibility index (Phi) is 6.84. The zero-order chi connectivity index (χ0) is 21.1. The second-order valence-corrected chi connectivity index (χ2v) is 8.76. The van der Waals surface area contributed by atoms with Gasteiger partial charge in [0.2, 0.25) is 5.91 Å². The van der Waals surface area contributed by atoms with Crippen LogP contribution in [0.5, 0.6) is 0 Å². The normalized spacial score (nSPS) is 23.8. The molecular weight excluding hydrogens is 386 g/mol. The van der Waals surface area contributed by atoms with Gasteiger partial charge in [-0.1, -0.05) is 18.6 Å². The second kappa shape index (κ2) is 9.56. The van der Waals surface area contributed by atoms with Crippen LogP contribution in [0, 0.1) is 11.6 Å². The zero-order valence-electron chi connectivity index (χ0n) is 17.8. The fourth-order valence-corrected chi connectivity index (χ4v) is 5.27. The number of benzene rings is 1. The standard InChI is InChI=1S/C24H32F2N2O2/c1-2-11-30-12-8-17-13-19-5-6-20(14-17)27(19)9-3-10-28-23-16-22(26)21(25)15-18(23)4-7-24(28)29/h8,15-16,19-20H,2-7,9-14H2,1H3. The minimum atomic E-state index is -0.884. The van der Waals surface area contributed by atoms with Gasteiger partial charge in [-0.05, 0) is 56.6 Å². The molecule has 0 aromatic heterocycles. The summed E-state index contributed by atoms with van der Waals surface area (Å²) in [6, 6.07) is 3.59. The van der Waals surface area contributed by atoms with Crippen LogP contribution in [-0.4, -0.2) is 49.2 Å². The van der Waals surface area contributed by atoms with Crippen LogP contribution in [0.4, 0.5) is 14.5 Å². The summed E-state index contributed by atoms with van der Waals surface area (Å²) in [6.07, 6.45) is 9.70. The fraction of sp³-hybridized carbons (Fsp3) is 0.625. The van der Waals surface area contributed by atoms with E-state index in [2.05, 4.69) is 17.9 Å². The number of amides is 1. The molecule has 2 unspecified atom stereocenters. The first kappa shape index (κ1) is 21.4. The molecule has 0 saturated carbocycles. The van der Waals surface area contributed by atoms with E-state index in [1.54, 1.807) is 4.90 Å². The van der Waals surface area contributed by atoms with Crippen LogP contribution < -0.4 is 4.90 Å². The highest BCUT2D eigenvalue weighted by Crippen LogP contribution is 2.38. The number of nitrogens with zero attached hydrogens (tertiary/aromatic N) is 2. The minimum absolute atomic E-state index is 0.00687. The molecule has 164 valence electrons. The first-order chi connectivity index (χ1) is 14.6. The van der Waals surface area contributed by atoms with Gasteiger partial charge in [0.25, 0.3) is 0 Å². The Morgan fingerprint density at radius 2 is 1.83 bits per heavy atom. The fourth-order valence-electron chi connectivity index (χ4n) is 5.27. The Labute approximate surface area is 177 Å². The molecule has 2 saturated heterocycles. The summed E-state index contributed by atoms with van der Waals surface area (Å²) in [4.78, 5) is 16.7. The predicted molar refractivity (Wildman–Crippen MR) is 114 cm³/mol. The van der Waals surface area contributed by atoms with Crippen LogP contribution in [0.25, 0.3) is 0 Å². The van der Waals surface area contributed by atoms with Crippen LogP contribution in [0.2, 0.25) is 0 Å². The average Bonchev–Trinajstić information content (AvgIpc) is 2.96. The summed E-state index contributed by atoms with van der Waals surface area (Å²) >= 11 is 0. The van der Waals surface area contributed by atoms with E-state index in [-0.39, 0.29) is 5.91 Å². The molecular formula is C24H32F2N2O2. The number of piperidine rings is 1. The number of carbonyl (C=O) groups excluding carboxylic acids is 1. The molecule has 0 aliphatic carbocycles. The number of rotatable bonds is 8. The summed E-state index contributed by atoms with van der Waals surface area (Å²) in [5.74, 6) is -1.71. The monoisotopic (exact) mass is 418 g/mol. The van der Waals surface area contributed by atoms with Gasteiger partial charge in [-0.15, -0.1) is 0 Å². The predicted octanol–water partition coefficient (Wildman–Crippen LogP) is 4.61.